The van der Waals surface area contributed by atoms with Gasteiger partial charge in [-0.1, -0.05) is 6.07 Å². The number of hydrogen-bond donors (Lipinski definition) is 1. The lowest BCUT2D eigenvalue weighted by Gasteiger charge is -2.26. The summed E-state index contributed by atoms with van der Waals surface area (Å²) in [7, 11) is 1.98. The zero-order valence-electron chi connectivity index (χ0n) is 19.4. The lowest BCUT2D eigenvalue weighted by molar-refractivity contribution is 0.0849. The van der Waals surface area contributed by atoms with Gasteiger partial charge in [-0.3, -0.25) is 4.90 Å². The van der Waals surface area contributed by atoms with Gasteiger partial charge in [0.2, 0.25) is 0 Å². The van der Waals surface area contributed by atoms with Crippen molar-refractivity contribution in [2.75, 3.05) is 31.6 Å². The monoisotopic (exact) mass is 475 g/mol. The number of rotatable bonds is 6. The number of pyridine rings is 2. The van der Waals surface area contributed by atoms with Gasteiger partial charge in [-0.2, -0.15) is 0 Å². The van der Waals surface area contributed by atoms with Gasteiger partial charge in [0.15, 0.2) is 10.8 Å². The SMILES string of the molecule is Cn1ccnc1-c1nc2cc(Nc3ccc(C4CCOCC4)c(CN4CCCC4)n3)ncc2s1. The van der Waals surface area contributed by atoms with E-state index < -0.39 is 0 Å². The molecule has 8 nitrogen and oxygen atoms in total. The highest BCUT2D eigenvalue weighted by Gasteiger charge is 2.22. The molecule has 2 saturated heterocycles. The molecule has 0 bridgehead atoms. The lowest BCUT2D eigenvalue weighted by atomic mass is 9.90. The largest absolute Gasteiger partial charge is 0.381 e. The van der Waals surface area contributed by atoms with E-state index in [0.717, 1.165) is 78.4 Å². The number of nitrogens with zero attached hydrogens (tertiary/aromatic N) is 6. The summed E-state index contributed by atoms with van der Waals surface area (Å²) in [5.41, 5.74) is 3.48. The highest BCUT2D eigenvalue weighted by molar-refractivity contribution is 7.21. The molecule has 2 aliphatic rings. The second kappa shape index (κ2) is 9.40. The molecular formula is C25H29N7OS. The number of nitrogens with one attached hydrogen (secondary N) is 1. The maximum absolute atomic E-state index is 5.60. The predicted molar refractivity (Wildman–Crippen MR) is 134 cm³/mol. The molecule has 0 unspecified atom stereocenters. The van der Waals surface area contributed by atoms with Crippen LogP contribution in [0.1, 0.15) is 42.9 Å². The van der Waals surface area contributed by atoms with Crippen LogP contribution in [0.4, 0.5) is 11.6 Å². The predicted octanol–water partition coefficient (Wildman–Crippen LogP) is 4.72. The minimum absolute atomic E-state index is 0.530. The maximum Gasteiger partial charge on any atom is 0.168 e. The van der Waals surface area contributed by atoms with E-state index in [0.29, 0.717) is 5.92 Å². The van der Waals surface area contributed by atoms with Crippen molar-refractivity contribution >= 4 is 33.2 Å². The zero-order chi connectivity index (χ0) is 22.9. The molecule has 4 aromatic heterocycles. The highest BCUT2D eigenvalue weighted by atomic mass is 32.1. The number of thiazole rings is 1. The van der Waals surface area contributed by atoms with Gasteiger partial charge in [-0.15, -0.1) is 11.3 Å². The summed E-state index contributed by atoms with van der Waals surface area (Å²) >= 11 is 1.61. The average molecular weight is 476 g/mol. The second-order valence-electron chi connectivity index (χ2n) is 9.15. The Kier molecular flexibility index (Phi) is 5.98. The van der Waals surface area contributed by atoms with Crippen molar-refractivity contribution in [1.82, 2.24) is 29.4 Å². The molecular weight excluding hydrogens is 446 g/mol. The number of hydrogen-bond acceptors (Lipinski definition) is 8. The Morgan fingerprint density at radius 2 is 1.94 bits per heavy atom. The molecule has 0 aromatic carbocycles. The van der Waals surface area contributed by atoms with Crippen LogP contribution in [0.15, 0.2) is 36.8 Å². The Labute approximate surface area is 203 Å². The van der Waals surface area contributed by atoms with Gasteiger partial charge in [0.1, 0.15) is 11.6 Å². The summed E-state index contributed by atoms with van der Waals surface area (Å²) in [6.45, 7) is 4.91. The van der Waals surface area contributed by atoms with E-state index in [2.05, 4.69) is 32.3 Å². The molecule has 0 amide bonds. The molecule has 0 aliphatic carbocycles. The van der Waals surface area contributed by atoms with Crippen LogP contribution in [-0.2, 0) is 18.3 Å². The van der Waals surface area contributed by atoms with Crippen LogP contribution in [0, 0.1) is 0 Å². The Bertz CT molecular complexity index is 1290. The van der Waals surface area contributed by atoms with Gasteiger partial charge in [0.25, 0.3) is 0 Å². The smallest absolute Gasteiger partial charge is 0.168 e. The second-order valence-corrected chi connectivity index (χ2v) is 10.2. The quantitative estimate of drug-likeness (QED) is 0.432. The van der Waals surface area contributed by atoms with E-state index in [1.807, 2.05) is 30.1 Å². The van der Waals surface area contributed by atoms with Crippen LogP contribution < -0.4 is 5.32 Å². The third kappa shape index (κ3) is 4.43. The standard InChI is InChI=1S/C25H29N7OS/c1-31-11-8-26-24(31)25-29-19-14-23(27-15-21(19)34-25)30-22-5-4-18(17-6-12-33-13-7-17)20(28-22)16-32-9-2-3-10-32/h4-5,8,11,14-15,17H,2-3,6-7,9-10,12-13,16H2,1H3,(H,27,28,30). The topological polar surface area (TPSA) is 81.0 Å². The van der Waals surface area contributed by atoms with Gasteiger partial charge in [0.05, 0.1) is 15.9 Å². The van der Waals surface area contributed by atoms with E-state index in [1.165, 1.54) is 24.1 Å². The van der Waals surface area contributed by atoms with Crippen LogP contribution in [0.5, 0.6) is 0 Å². The van der Waals surface area contributed by atoms with Gasteiger partial charge < -0.3 is 14.6 Å². The van der Waals surface area contributed by atoms with Crippen LogP contribution in [0.3, 0.4) is 0 Å². The number of fused-ring (bicyclic) bond motifs is 1. The molecule has 0 atom stereocenters. The molecule has 34 heavy (non-hydrogen) atoms. The van der Waals surface area contributed by atoms with Crippen molar-refractivity contribution in [2.45, 2.75) is 38.1 Å². The van der Waals surface area contributed by atoms with E-state index in [1.54, 1.807) is 17.5 Å². The van der Waals surface area contributed by atoms with Gasteiger partial charge in [0, 0.05) is 51.5 Å². The first-order chi connectivity index (χ1) is 16.7. The highest BCUT2D eigenvalue weighted by Crippen LogP contribution is 2.32. The minimum atomic E-state index is 0.530. The molecule has 2 aliphatic heterocycles. The molecule has 0 spiro atoms. The van der Waals surface area contributed by atoms with E-state index in [-0.39, 0.29) is 0 Å². The van der Waals surface area contributed by atoms with Crippen LogP contribution in [0.2, 0.25) is 0 Å². The molecule has 6 rings (SSSR count). The van der Waals surface area contributed by atoms with Crippen LogP contribution in [-0.4, -0.2) is 55.7 Å². The molecule has 4 aromatic rings. The van der Waals surface area contributed by atoms with E-state index in [9.17, 15) is 0 Å². The lowest BCUT2D eigenvalue weighted by Crippen LogP contribution is -2.22. The third-order valence-corrected chi connectivity index (χ3v) is 7.79. The molecule has 0 saturated carbocycles. The summed E-state index contributed by atoms with van der Waals surface area (Å²) in [6.07, 6.45) is 10.3. The molecule has 6 heterocycles. The maximum atomic E-state index is 5.60. The zero-order valence-corrected chi connectivity index (χ0v) is 20.2. The molecule has 176 valence electrons. The summed E-state index contributed by atoms with van der Waals surface area (Å²) in [5.74, 6) is 2.98. The van der Waals surface area contributed by atoms with Crippen molar-refractivity contribution in [3.05, 3.63) is 48.0 Å². The number of ether oxygens (including phenoxy) is 1. The average Bonchev–Trinajstić information content (AvgIpc) is 3.61. The number of aromatic nitrogens is 5. The summed E-state index contributed by atoms with van der Waals surface area (Å²) < 4.78 is 8.63. The Balaban J connectivity index is 1.27. The molecule has 9 heteroatoms. The molecule has 0 radical (unpaired) electrons. The molecule has 2 fully saturated rings. The fourth-order valence-electron chi connectivity index (χ4n) is 4.94. The van der Waals surface area contributed by atoms with Gasteiger partial charge in [-0.05, 0) is 56.3 Å². The van der Waals surface area contributed by atoms with Gasteiger partial charge in [-0.25, -0.2) is 19.9 Å². The van der Waals surface area contributed by atoms with Crippen LogP contribution >= 0.6 is 11.3 Å². The minimum Gasteiger partial charge on any atom is -0.381 e. The molecule has 1 N–H and O–H groups in total. The fraction of sp³-hybridized carbons (Fsp3) is 0.440. The van der Waals surface area contributed by atoms with Crippen molar-refractivity contribution in [1.29, 1.82) is 0 Å². The van der Waals surface area contributed by atoms with Crippen molar-refractivity contribution < 1.29 is 4.74 Å². The fourth-order valence-corrected chi connectivity index (χ4v) is 5.90. The first-order valence-corrected chi connectivity index (χ1v) is 12.9. The van der Waals surface area contributed by atoms with Gasteiger partial charge >= 0.3 is 0 Å². The normalized spacial score (nSPS) is 17.6. The summed E-state index contributed by atoms with van der Waals surface area (Å²) in [6, 6.07) is 6.34. The van der Waals surface area contributed by atoms with Crippen molar-refractivity contribution in [3.8, 4) is 10.8 Å². The Morgan fingerprint density at radius 3 is 2.74 bits per heavy atom. The number of anilines is 2. The number of aryl methyl sites for hydroxylation is 1. The number of imidazole rings is 1. The van der Waals surface area contributed by atoms with Crippen molar-refractivity contribution in [3.63, 3.8) is 0 Å². The first-order valence-electron chi connectivity index (χ1n) is 12.0. The first kappa shape index (κ1) is 21.6. The Morgan fingerprint density at radius 1 is 1.09 bits per heavy atom. The number of likely N-dealkylation sites (tertiary alicyclic amines) is 1. The summed E-state index contributed by atoms with van der Waals surface area (Å²) in [4.78, 5) is 21.4. The van der Waals surface area contributed by atoms with Crippen LogP contribution in [0.25, 0.3) is 21.0 Å². The third-order valence-electron chi connectivity index (χ3n) is 6.79. The van der Waals surface area contributed by atoms with E-state index >= 15 is 0 Å². The van der Waals surface area contributed by atoms with E-state index in [4.69, 9.17) is 14.7 Å². The Hall–Kier alpha value is -2.88. The van der Waals surface area contributed by atoms with Crippen molar-refractivity contribution in [2.24, 2.45) is 7.05 Å². The summed E-state index contributed by atoms with van der Waals surface area (Å²) in [5, 5.41) is 4.32.